The van der Waals surface area contributed by atoms with Crippen LogP contribution < -0.4 is 20.3 Å². The molecule has 1 atom stereocenters. The van der Waals surface area contributed by atoms with Crippen LogP contribution in [0.4, 0.5) is 20.3 Å². The number of ether oxygens (including phenoxy) is 2. The summed E-state index contributed by atoms with van der Waals surface area (Å²) < 4.78 is 45.6. The third-order valence-corrected chi connectivity index (χ3v) is 15.7. The van der Waals surface area contributed by atoms with Gasteiger partial charge in [0.25, 0.3) is 11.8 Å². The molecular weight excluding hydrogens is 991 g/mol. The second kappa shape index (κ2) is 22.7. The maximum atomic E-state index is 16.9. The van der Waals surface area contributed by atoms with Crippen molar-refractivity contribution in [1.82, 2.24) is 49.6 Å². The summed E-state index contributed by atoms with van der Waals surface area (Å²) >= 11 is 0. The third kappa shape index (κ3) is 11.2. The maximum Gasteiger partial charge on any atom is 0.274 e. The Morgan fingerprint density at radius 1 is 0.883 bits per heavy atom. The number of piperazine rings is 1. The first-order chi connectivity index (χ1) is 37.5. The Kier molecular flexibility index (Phi) is 15.2. The molecule has 0 saturated carbocycles. The van der Waals surface area contributed by atoms with Crippen molar-refractivity contribution in [3.8, 4) is 23.0 Å². The second-order valence-corrected chi connectivity index (χ2v) is 20.7. The Hall–Kier alpha value is -7.36. The monoisotopic (exact) mass is 1050 g/mol. The standard InChI is InChI=1S/C56H64F2N12O7/c1-2-41-44(57)10-7-37-29-40(71)31-42(49(37)41)52-62-51-43(32-59-55(50(51)58)77-26-4-15-65-24-27-76-28-25-65)53(63-52)69-16-3-17-70-39(33-69)30-46(64-70)56(75)68-22-20-67(21-23-68)48(73)34-66-18-13-36(14-19-66)35-5-8-38(9-6-35)60-45-11-12-47(72)61-54(45)74/h5-10,29-32,36,45,60,71H,2-4,11-28,33-34H2,1H3,(H,61,72,74). The van der Waals surface area contributed by atoms with Crippen LogP contribution in [0.15, 0.2) is 60.8 Å². The van der Waals surface area contributed by atoms with E-state index in [1.807, 2.05) is 33.5 Å². The van der Waals surface area contributed by atoms with Crippen LogP contribution in [0.5, 0.6) is 11.6 Å². The van der Waals surface area contributed by atoms with Gasteiger partial charge in [0, 0.05) is 82.8 Å². The fraction of sp³-hybridized carbons (Fsp3) is 0.464. The molecule has 11 rings (SSSR count). The quantitative estimate of drug-likeness (QED) is 0.0914. The van der Waals surface area contributed by atoms with Crippen molar-refractivity contribution in [1.29, 1.82) is 0 Å². The van der Waals surface area contributed by atoms with Crippen molar-refractivity contribution in [2.24, 2.45) is 0 Å². The number of amides is 4. The molecule has 1 unspecified atom stereocenters. The Morgan fingerprint density at radius 2 is 1.66 bits per heavy atom. The molecule has 5 aliphatic heterocycles. The molecule has 404 valence electrons. The van der Waals surface area contributed by atoms with Gasteiger partial charge in [-0.1, -0.05) is 25.1 Å². The minimum absolute atomic E-state index is 0.0350. The van der Waals surface area contributed by atoms with Gasteiger partial charge in [-0.2, -0.15) is 9.49 Å². The number of rotatable bonds is 14. The summed E-state index contributed by atoms with van der Waals surface area (Å²) in [5.74, 6) is -1.33. The van der Waals surface area contributed by atoms with Gasteiger partial charge in [0.1, 0.15) is 28.9 Å². The van der Waals surface area contributed by atoms with Crippen molar-refractivity contribution in [3.05, 3.63) is 94.9 Å². The zero-order valence-corrected chi connectivity index (χ0v) is 43.3. The number of fused-ring (bicyclic) bond motifs is 3. The number of likely N-dealkylation sites (tertiary alicyclic amines) is 1. The number of pyridine rings is 1. The molecule has 3 aromatic heterocycles. The van der Waals surface area contributed by atoms with Crippen LogP contribution in [-0.2, 0) is 38.6 Å². The summed E-state index contributed by atoms with van der Waals surface area (Å²) in [5, 5.41) is 22.8. The highest BCUT2D eigenvalue weighted by molar-refractivity contribution is 6.02. The summed E-state index contributed by atoms with van der Waals surface area (Å²) in [7, 11) is 0. The number of carbonyl (C=O) groups excluding carboxylic acids is 4. The van der Waals surface area contributed by atoms with Crippen LogP contribution in [0.25, 0.3) is 33.1 Å². The average Bonchev–Trinajstić information content (AvgIpc) is 3.81. The van der Waals surface area contributed by atoms with E-state index in [0.717, 1.165) is 56.9 Å². The lowest BCUT2D eigenvalue weighted by molar-refractivity contribution is -0.135. The molecule has 77 heavy (non-hydrogen) atoms. The Balaban J connectivity index is 0.748. The van der Waals surface area contributed by atoms with E-state index in [4.69, 9.17) is 24.5 Å². The Labute approximate surface area is 444 Å². The molecule has 4 saturated heterocycles. The van der Waals surface area contributed by atoms with E-state index in [0.29, 0.717) is 136 Å². The summed E-state index contributed by atoms with van der Waals surface area (Å²) in [6.45, 7) is 10.6. The molecule has 6 aromatic rings. The molecule has 19 nitrogen and oxygen atoms in total. The summed E-state index contributed by atoms with van der Waals surface area (Å²) in [6, 6.07) is 15.5. The molecular formula is C56H64F2N12O7. The lowest BCUT2D eigenvalue weighted by Gasteiger charge is -2.37. The zero-order chi connectivity index (χ0) is 53.2. The number of aromatic hydroxyl groups is 1. The molecule has 0 radical (unpaired) electrons. The molecule has 4 amide bonds. The number of phenols is 1. The summed E-state index contributed by atoms with van der Waals surface area (Å²) in [4.78, 5) is 75.8. The minimum Gasteiger partial charge on any atom is -0.508 e. The van der Waals surface area contributed by atoms with Gasteiger partial charge in [-0.15, -0.1) is 0 Å². The smallest absolute Gasteiger partial charge is 0.274 e. The van der Waals surface area contributed by atoms with E-state index in [1.165, 1.54) is 23.9 Å². The lowest BCUT2D eigenvalue weighted by atomic mass is 9.89. The maximum absolute atomic E-state index is 16.9. The molecule has 21 heteroatoms. The number of anilines is 2. The molecule has 0 spiro atoms. The van der Waals surface area contributed by atoms with Crippen molar-refractivity contribution in [3.63, 3.8) is 0 Å². The van der Waals surface area contributed by atoms with Gasteiger partial charge in [0.2, 0.25) is 23.5 Å². The first-order valence-corrected chi connectivity index (χ1v) is 27.0. The van der Waals surface area contributed by atoms with Crippen LogP contribution in [0, 0.1) is 11.6 Å². The second-order valence-electron chi connectivity index (χ2n) is 20.7. The van der Waals surface area contributed by atoms with Crippen molar-refractivity contribution in [2.75, 3.05) is 102 Å². The highest BCUT2D eigenvalue weighted by atomic mass is 19.1. The average molecular weight is 1060 g/mol. The molecule has 5 aliphatic rings. The number of nitrogens with one attached hydrogen (secondary N) is 2. The van der Waals surface area contributed by atoms with E-state index in [-0.39, 0.29) is 59.8 Å². The Bertz CT molecular complexity index is 3190. The fourth-order valence-corrected chi connectivity index (χ4v) is 11.5. The molecule has 3 aromatic carbocycles. The predicted octanol–water partition coefficient (Wildman–Crippen LogP) is 5.48. The number of benzene rings is 3. The molecule has 3 N–H and O–H groups in total. The number of phenolic OH excluding ortho intramolecular Hbond substituents is 1. The summed E-state index contributed by atoms with van der Waals surface area (Å²) in [5.41, 5.74) is 3.83. The lowest BCUT2D eigenvalue weighted by Crippen LogP contribution is -2.53. The summed E-state index contributed by atoms with van der Waals surface area (Å²) in [6.07, 6.45) is 5.75. The van der Waals surface area contributed by atoms with E-state index in [1.54, 1.807) is 23.1 Å². The Morgan fingerprint density at radius 3 is 2.43 bits per heavy atom. The van der Waals surface area contributed by atoms with Gasteiger partial charge >= 0.3 is 0 Å². The van der Waals surface area contributed by atoms with Gasteiger partial charge in [-0.05, 0) is 116 Å². The van der Waals surface area contributed by atoms with E-state index in [2.05, 4.69) is 37.6 Å². The number of aryl methyl sites for hydroxylation is 2. The van der Waals surface area contributed by atoms with Crippen LogP contribution in [0.2, 0.25) is 0 Å². The number of piperidine rings is 2. The number of imide groups is 1. The number of morpholine rings is 1. The first-order valence-electron chi connectivity index (χ1n) is 27.0. The first kappa shape index (κ1) is 51.7. The number of hydrogen-bond donors (Lipinski definition) is 3. The topological polar surface area (TPSA) is 204 Å². The minimum atomic E-state index is -0.761. The highest BCUT2D eigenvalue weighted by Crippen LogP contribution is 2.39. The highest BCUT2D eigenvalue weighted by Gasteiger charge is 2.32. The van der Waals surface area contributed by atoms with Gasteiger partial charge < -0.3 is 34.6 Å². The molecule has 0 bridgehead atoms. The van der Waals surface area contributed by atoms with Gasteiger partial charge in [0.05, 0.1) is 44.0 Å². The number of halogens is 2. The predicted molar refractivity (Wildman–Crippen MR) is 284 cm³/mol. The number of carbonyl (C=O) groups is 4. The fourth-order valence-electron chi connectivity index (χ4n) is 11.5. The third-order valence-electron chi connectivity index (χ3n) is 15.7. The van der Waals surface area contributed by atoms with Gasteiger partial charge in [0.15, 0.2) is 11.5 Å². The largest absolute Gasteiger partial charge is 0.508 e. The number of nitrogens with zero attached hydrogens (tertiary/aromatic N) is 10. The molecule has 8 heterocycles. The number of hydrogen-bond acceptors (Lipinski definition) is 15. The van der Waals surface area contributed by atoms with Crippen molar-refractivity contribution in [2.45, 2.75) is 76.9 Å². The van der Waals surface area contributed by atoms with Crippen molar-refractivity contribution >= 4 is 56.8 Å². The molecule has 4 fully saturated rings. The van der Waals surface area contributed by atoms with Crippen LogP contribution in [0.1, 0.15) is 78.7 Å². The van der Waals surface area contributed by atoms with Crippen LogP contribution in [0.3, 0.4) is 0 Å². The molecule has 0 aliphatic carbocycles. The van der Waals surface area contributed by atoms with Gasteiger partial charge in [-0.25, -0.2) is 19.3 Å². The SMILES string of the molecule is CCc1c(F)ccc2cc(O)cc(-c3nc(N4CCCn5nc(C(=O)N6CCN(C(=O)CN7CCC(c8ccc(NC9CCC(=O)NC9=O)cc8)CC7)CC6)cc5C4)c4cnc(OCCCN5CCOCC5)c(F)c4n3)c12. The van der Waals surface area contributed by atoms with E-state index >= 15 is 8.78 Å². The van der Waals surface area contributed by atoms with Crippen LogP contribution in [-0.4, -0.2) is 171 Å². The van der Waals surface area contributed by atoms with E-state index < -0.39 is 17.7 Å². The van der Waals surface area contributed by atoms with Crippen molar-refractivity contribution < 1.29 is 42.5 Å². The van der Waals surface area contributed by atoms with Crippen LogP contribution >= 0.6 is 0 Å². The normalized spacial score (nSPS) is 19.1. The van der Waals surface area contributed by atoms with E-state index in [9.17, 15) is 24.3 Å². The van der Waals surface area contributed by atoms with Gasteiger partial charge in [-0.3, -0.25) is 39.0 Å². The number of aromatic nitrogens is 5. The zero-order valence-electron chi connectivity index (χ0n) is 43.3.